The Morgan fingerprint density at radius 3 is 2.47 bits per heavy atom. The molecule has 5 rings (SSSR count). The molecule has 0 spiro atoms. The van der Waals surface area contributed by atoms with Crippen molar-refractivity contribution >= 4 is 17.6 Å². The smallest absolute Gasteiger partial charge is 0.257 e. The first-order valence-electron chi connectivity index (χ1n) is 11.3. The lowest BCUT2D eigenvalue weighted by molar-refractivity contribution is 0.0651. The van der Waals surface area contributed by atoms with Gasteiger partial charge in [-0.1, -0.05) is 0 Å². The van der Waals surface area contributed by atoms with Gasteiger partial charge in [-0.15, -0.1) is 0 Å². The summed E-state index contributed by atoms with van der Waals surface area (Å²) in [4.78, 5) is 27.1. The molecule has 2 saturated heterocycles. The molecule has 34 heavy (non-hydrogen) atoms. The molecule has 9 nitrogen and oxygen atoms in total. The minimum Gasteiger partial charge on any atom is -0.488 e. The van der Waals surface area contributed by atoms with E-state index >= 15 is 0 Å². The molecule has 2 aliphatic heterocycles. The van der Waals surface area contributed by atoms with Crippen LogP contribution < -0.4 is 14.8 Å². The number of carbonyl (C=O) groups excluding carboxylic acids is 2. The fourth-order valence-electron chi connectivity index (χ4n) is 3.80. The van der Waals surface area contributed by atoms with Gasteiger partial charge in [-0.3, -0.25) is 14.3 Å². The van der Waals surface area contributed by atoms with Gasteiger partial charge in [-0.25, -0.2) is 0 Å². The first-order chi connectivity index (χ1) is 16.5. The van der Waals surface area contributed by atoms with Crippen LogP contribution in [0.4, 0.5) is 5.82 Å². The molecule has 0 saturated carbocycles. The largest absolute Gasteiger partial charge is 0.488 e. The van der Waals surface area contributed by atoms with Crippen LogP contribution in [0.3, 0.4) is 0 Å². The number of benzene rings is 2. The molecule has 2 amide bonds. The number of aryl methyl sites for hydroxylation is 1. The van der Waals surface area contributed by atoms with Gasteiger partial charge >= 0.3 is 0 Å². The third-order valence-corrected chi connectivity index (χ3v) is 5.77. The molecule has 0 aliphatic carbocycles. The van der Waals surface area contributed by atoms with Gasteiger partial charge < -0.3 is 24.4 Å². The Balaban J connectivity index is 1.35. The topological polar surface area (TPSA) is 94.9 Å². The highest BCUT2D eigenvalue weighted by atomic mass is 16.5. The van der Waals surface area contributed by atoms with Crippen LogP contribution in [0.2, 0.25) is 0 Å². The van der Waals surface area contributed by atoms with E-state index in [0.29, 0.717) is 47.4 Å². The molecular formula is C25H26N4O5. The predicted molar refractivity (Wildman–Crippen MR) is 124 cm³/mol. The van der Waals surface area contributed by atoms with Gasteiger partial charge in [0.25, 0.3) is 11.8 Å². The van der Waals surface area contributed by atoms with Gasteiger partial charge in [-0.2, -0.15) is 5.10 Å². The van der Waals surface area contributed by atoms with Crippen LogP contribution in [-0.4, -0.2) is 58.9 Å². The first-order valence-corrected chi connectivity index (χ1v) is 11.3. The van der Waals surface area contributed by atoms with E-state index < -0.39 is 0 Å². The summed E-state index contributed by atoms with van der Waals surface area (Å²) in [6, 6.07) is 13.8. The van der Waals surface area contributed by atoms with Crippen LogP contribution >= 0.6 is 0 Å². The van der Waals surface area contributed by atoms with Crippen molar-refractivity contribution in [1.82, 2.24) is 14.7 Å². The molecule has 2 fully saturated rings. The maximum Gasteiger partial charge on any atom is 0.257 e. The van der Waals surface area contributed by atoms with E-state index in [4.69, 9.17) is 14.2 Å². The molecule has 0 bridgehead atoms. The standard InChI is InChI=1S/C25H26N4O5/c1-28-11-7-23(27-28)26-24(30)18-13-21(15-22(14-18)34-20-8-12-32-16-20)33-19-5-3-17(4-6-19)25(31)29-9-2-10-29/h3-7,11,13-15,20H,2,8-10,12,16H2,1H3,(H,26,27,30). The van der Waals surface area contributed by atoms with Crippen LogP contribution in [-0.2, 0) is 11.8 Å². The Morgan fingerprint density at radius 2 is 1.82 bits per heavy atom. The molecule has 2 aromatic carbocycles. The number of hydrogen-bond donors (Lipinski definition) is 1. The van der Waals surface area contributed by atoms with Gasteiger partial charge in [0.1, 0.15) is 23.4 Å². The van der Waals surface area contributed by atoms with Crippen molar-refractivity contribution in [3.8, 4) is 17.2 Å². The minimum absolute atomic E-state index is 0.0282. The van der Waals surface area contributed by atoms with Gasteiger partial charge in [0.2, 0.25) is 0 Å². The number of likely N-dealkylation sites (tertiary alicyclic amines) is 1. The number of amides is 2. The molecular weight excluding hydrogens is 436 g/mol. The van der Waals surface area contributed by atoms with Crippen molar-refractivity contribution in [2.45, 2.75) is 18.9 Å². The maximum atomic E-state index is 12.9. The molecule has 1 aromatic heterocycles. The number of carbonyl (C=O) groups is 2. The van der Waals surface area contributed by atoms with Crippen molar-refractivity contribution in [2.24, 2.45) is 7.05 Å². The minimum atomic E-state index is -0.327. The number of nitrogens with one attached hydrogen (secondary N) is 1. The average Bonchev–Trinajstić information content (AvgIpc) is 3.44. The van der Waals surface area contributed by atoms with E-state index in [1.54, 1.807) is 66.5 Å². The molecule has 2 aliphatic rings. The van der Waals surface area contributed by atoms with Crippen molar-refractivity contribution in [2.75, 3.05) is 31.6 Å². The lowest BCUT2D eigenvalue weighted by atomic mass is 10.1. The summed E-state index contributed by atoms with van der Waals surface area (Å²) in [7, 11) is 1.78. The lowest BCUT2D eigenvalue weighted by Gasteiger charge is -2.30. The Bertz CT molecular complexity index is 1180. The zero-order valence-electron chi connectivity index (χ0n) is 18.9. The summed E-state index contributed by atoms with van der Waals surface area (Å²) in [5.41, 5.74) is 1.00. The van der Waals surface area contributed by atoms with Crippen LogP contribution in [0.15, 0.2) is 54.7 Å². The summed E-state index contributed by atoms with van der Waals surface area (Å²) >= 11 is 0. The summed E-state index contributed by atoms with van der Waals surface area (Å²) in [5.74, 6) is 1.67. The van der Waals surface area contributed by atoms with Crippen molar-refractivity contribution < 1.29 is 23.8 Å². The van der Waals surface area contributed by atoms with E-state index in [-0.39, 0.29) is 17.9 Å². The summed E-state index contributed by atoms with van der Waals surface area (Å²) in [5, 5.41) is 6.98. The van der Waals surface area contributed by atoms with Gasteiger partial charge in [0.15, 0.2) is 5.82 Å². The number of anilines is 1. The first kappa shape index (κ1) is 22.0. The second-order valence-electron chi connectivity index (χ2n) is 8.40. The number of rotatable bonds is 7. The fourth-order valence-corrected chi connectivity index (χ4v) is 3.80. The Kier molecular flexibility index (Phi) is 6.18. The number of aromatic nitrogens is 2. The number of hydrogen-bond acceptors (Lipinski definition) is 6. The average molecular weight is 463 g/mol. The van der Waals surface area contributed by atoms with Gasteiger partial charge in [-0.05, 0) is 42.8 Å². The van der Waals surface area contributed by atoms with E-state index in [1.165, 1.54) is 0 Å². The van der Waals surface area contributed by atoms with E-state index in [0.717, 1.165) is 25.9 Å². The molecule has 1 N–H and O–H groups in total. The number of nitrogens with zero attached hydrogens (tertiary/aromatic N) is 3. The van der Waals surface area contributed by atoms with Crippen molar-refractivity contribution in [1.29, 1.82) is 0 Å². The second-order valence-corrected chi connectivity index (χ2v) is 8.40. The third kappa shape index (κ3) is 5.04. The van der Waals surface area contributed by atoms with E-state index in [2.05, 4.69) is 10.4 Å². The summed E-state index contributed by atoms with van der Waals surface area (Å²) in [6.07, 6.45) is 3.51. The van der Waals surface area contributed by atoms with Crippen LogP contribution in [0.25, 0.3) is 0 Å². The van der Waals surface area contributed by atoms with Crippen LogP contribution in [0.5, 0.6) is 17.2 Å². The summed E-state index contributed by atoms with van der Waals surface area (Å²) in [6.45, 7) is 2.77. The number of ether oxygens (including phenoxy) is 3. The quantitative estimate of drug-likeness (QED) is 0.578. The Hall–Kier alpha value is -3.85. The second kappa shape index (κ2) is 9.56. The Morgan fingerprint density at radius 1 is 1.03 bits per heavy atom. The SMILES string of the molecule is Cn1ccc(NC(=O)c2cc(Oc3ccc(C(=O)N4CCC4)cc3)cc(OC3CCOC3)c2)n1. The maximum absolute atomic E-state index is 12.9. The Labute approximate surface area is 197 Å². The van der Waals surface area contributed by atoms with Crippen LogP contribution in [0, 0.1) is 0 Å². The molecule has 3 aromatic rings. The fraction of sp³-hybridized carbons (Fsp3) is 0.320. The van der Waals surface area contributed by atoms with Crippen molar-refractivity contribution in [3.63, 3.8) is 0 Å². The highest BCUT2D eigenvalue weighted by Gasteiger charge is 2.22. The monoisotopic (exact) mass is 462 g/mol. The highest BCUT2D eigenvalue weighted by molar-refractivity contribution is 6.04. The molecule has 176 valence electrons. The molecule has 1 unspecified atom stereocenters. The molecule has 1 atom stereocenters. The zero-order chi connectivity index (χ0) is 23.5. The van der Waals surface area contributed by atoms with Crippen molar-refractivity contribution in [3.05, 3.63) is 65.9 Å². The predicted octanol–water partition coefficient (Wildman–Crippen LogP) is 3.48. The molecule has 3 heterocycles. The highest BCUT2D eigenvalue weighted by Crippen LogP contribution is 2.30. The molecule has 9 heteroatoms. The third-order valence-electron chi connectivity index (χ3n) is 5.77. The normalized spacial score (nSPS) is 17.2. The van der Waals surface area contributed by atoms with E-state index in [1.807, 2.05) is 4.90 Å². The summed E-state index contributed by atoms with van der Waals surface area (Å²) < 4.78 is 19.1. The van der Waals surface area contributed by atoms with Crippen LogP contribution in [0.1, 0.15) is 33.6 Å². The lowest BCUT2D eigenvalue weighted by Crippen LogP contribution is -2.41. The zero-order valence-corrected chi connectivity index (χ0v) is 18.9. The van der Waals surface area contributed by atoms with Gasteiger partial charge in [0.05, 0.1) is 13.2 Å². The van der Waals surface area contributed by atoms with E-state index in [9.17, 15) is 9.59 Å². The molecule has 0 radical (unpaired) electrons. The van der Waals surface area contributed by atoms with Gasteiger partial charge in [0, 0.05) is 56.0 Å².